The molecule has 0 saturated carbocycles. The minimum Gasteiger partial charge on any atom is -0.493 e. The minimum atomic E-state index is 0.455. The van der Waals surface area contributed by atoms with Crippen molar-refractivity contribution < 1.29 is 9.47 Å². The van der Waals surface area contributed by atoms with Crippen LogP contribution in [0.4, 0.5) is 0 Å². The average molecular weight is 307 g/mol. The Morgan fingerprint density at radius 2 is 1.52 bits per heavy atom. The lowest BCUT2D eigenvalue weighted by atomic mass is 10.1. The van der Waals surface area contributed by atoms with Crippen LogP contribution >= 0.6 is 11.6 Å². The molecular formula is C18H23ClO2. The molecule has 2 rings (SSSR count). The van der Waals surface area contributed by atoms with Gasteiger partial charge in [-0.15, -0.1) is 0 Å². The van der Waals surface area contributed by atoms with E-state index in [4.69, 9.17) is 21.1 Å². The summed E-state index contributed by atoms with van der Waals surface area (Å²) >= 11 is 6.30. The number of fused-ring (bicyclic) bond motifs is 1. The lowest BCUT2D eigenvalue weighted by molar-refractivity contribution is 0.271. The maximum absolute atomic E-state index is 6.30. The first kappa shape index (κ1) is 16.0. The van der Waals surface area contributed by atoms with Crippen LogP contribution in [-0.2, 0) is 0 Å². The Balaban J connectivity index is 2.40. The van der Waals surface area contributed by atoms with Crippen LogP contribution in [-0.4, -0.2) is 13.2 Å². The number of hydrogen-bond donors (Lipinski definition) is 0. The molecule has 0 aromatic heterocycles. The van der Waals surface area contributed by atoms with Gasteiger partial charge in [0.25, 0.3) is 0 Å². The fourth-order valence-electron chi connectivity index (χ4n) is 2.05. The Hall–Kier alpha value is -1.41. The highest BCUT2D eigenvalue weighted by molar-refractivity contribution is 6.33. The monoisotopic (exact) mass is 306 g/mol. The highest BCUT2D eigenvalue weighted by Crippen LogP contribution is 2.37. The maximum Gasteiger partial charge on any atom is 0.145 e. The maximum atomic E-state index is 6.30. The van der Waals surface area contributed by atoms with Gasteiger partial charge < -0.3 is 9.47 Å². The predicted octanol–water partition coefficient (Wildman–Crippen LogP) is 5.56. The molecule has 0 aliphatic heterocycles. The smallest absolute Gasteiger partial charge is 0.145 e. The van der Waals surface area contributed by atoms with Crippen molar-refractivity contribution in [3.63, 3.8) is 0 Å². The first-order valence-corrected chi connectivity index (χ1v) is 7.83. The van der Waals surface area contributed by atoms with E-state index >= 15 is 0 Å². The highest BCUT2D eigenvalue weighted by Gasteiger charge is 2.12. The summed E-state index contributed by atoms with van der Waals surface area (Å²) < 4.78 is 11.8. The van der Waals surface area contributed by atoms with Crippen LogP contribution in [0.1, 0.15) is 27.7 Å². The van der Waals surface area contributed by atoms with Gasteiger partial charge in [0.1, 0.15) is 11.5 Å². The van der Waals surface area contributed by atoms with E-state index in [1.54, 1.807) is 0 Å². The largest absolute Gasteiger partial charge is 0.493 e. The van der Waals surface area contributed by atoms with Crippen LogP contribution in [0.3, 0.4) is 0 Å². The van der Waals surface area contributed by atoms with E-state index in [1.165, 1.54) is 0 Å². The molecule has 114 valence electrons. The van der Waals surface area contributed by atoms with Gasteiger partial charge in [-0.05, 0) is 30.0 Å². The number of benzene rings is 2. The standard InChI is InChI=1S/C18H23ClO2/c1-12(2)10-20-17-7-5-6-15-14(17)8-9-16(19)18(15)21-11-13(3)4/h5-9,12-13H,10-11H2,1-4H3. The molecular weight excluding hydrogens is 284 g/mol. The molecule has 0 atom stereocenters. The number of rotatable bonds is 6. The van der Waals surface area contributed by atoms with Crippen LogP contribution in [0.5, 0.6) is 11.5 Å². The van der Waals surface area contributed by atoms with Crippen molar-refractivity contribution in [1.29, 1.82) is 0 Å². The summed E-state index contributed by atoms with van der Waals surface area (Å²) in [4.78, 5) is 0. The Bertz CT molecular complexity index is 605. The van der Waals surface area contributed by atoms with Gasteiger partial charge in [-0.3, -0.25) is 0 Å². The van der Waals surface area contributed by atoms with Crippen LogP contribution in [0.2, 0.25) is 5.02 Å². The zero-order chi connectivity index (χ0) is 15.4. The third-order valence-corrected chi connectivity index (χ3v) is 3.35. The Labute approximate surface area is 132 Å². The quantitative estimate of drug-likeness (QED) is 0.695. The number of hydrogen-bond acceptors (Lipinski definition) is 2. The van der Waals surface area contributed by atoms with Gasteiger partial charge in [-0.1, -0.05) is 51.4 Å². The van der Waals surface area contributed by atoms with E-state index in [1.807, 2.05) is 30.3 Å². The van der Waals surface area contributed by atoms with E-state index in [9.17, 15) is 0 Å². The van der Waals surface area contributed by atoms with Gasteiger partial charge in [-0.2, -0.15) is 0 Å². The van der Waals surface area contributed by atoms with Gasteiger partial charge in [0, 0.05) is 10.8 Å². The summed E-state index contributed by atoms with van der Waals surface area (Å²) in [6.07, 6.45) is 0. The minimum absolute atomic E-state index is 0.455. The SMILES string of the molecule is CC(C)COc1cccc2c(OCC(C)C)c(Cl)ccc12. The molecule has 0 heterocycles. The Morgan fingerprint density at radius 1 is 0.857 bits per heavy atom. The van der Waals surface area contributed by atoms with Gasteiger partial charge in [0.05, 0.1) is 18.2 Å². The molecule has 0 unspecified atom stereocenters. The molecule has 2 nitrogen and oxygen atoms in total. The van der Waals surface area contributed by atoms with Crippen LogP contribution in [0.15, 0.2) is 30.3 Å². The molecule has 0 fully saturated rings. The van der Waals surface area contributed by atoms with Crippen molar-refractivity contribution in [2.24, 2.45) is 11.8 Å². The van der Waals surface area contributed by atoms with Crippen molar-refractivity contribution in [3.05, 3.63) is 35.4 Å². The molecule has 0 aliphatic rings. The summed E-state index contributed by atoms with van der Waals surface area (Å²) in [6.45, 7) is 9.87. The van der Waals surface area contributed by atoms with E-state index in [2.05, 4.69) is 27.7 Å². The summed E-state index contributed by atoms with van der Waals surface area (Å²) in [5.41, 5.74) is 0. The molecule has 0 amide bonds. The summed E-state index contributed by atoms with van der Waals surface area (Å²) in [5, 5.41) is 2.69. The average Bonchev–Trinajstić information content (AvgIpc) is 2.43. The second-order valence-electron chi connectivity index (χ2n) is 6.14. The van der Waals surface area contributed by atoms with Crippen molar-refractivity contribution >= 4 is 22.4 Å². The van der Waals surface area contributed by atoms with Gasteiger partial charge in [0.15, 0.2) is 0 Å². The molecule has 0 aliphatic carbocycles. The second kappa shape index (κ2) is 7.04. The zero-order valence-electron chi connectivity index (χ0n) is 13.2. The third kappa shape index (κ3) is 4.04. The van der Waals surface area contributed by atoms with E-state index in [-0.39, 0.29) is 0 Å². The fourth-order valence-corrected chi connectivity index (χ4v) is 2.27. The third-order valence-electron chi connectivity index (χ3n) is 3.06. The molecule has 2 aromatic carbocycles. The fraction of sp³-hybridized carbons (Fsp3) is 0.444. The van der Waals surface area contributed by atoms with Gasteiger partial charge >= 0.3 is 0 Å². The van der Waals surface area contributed by atoms with Crippen LogP contribution in [0.25, 0.3) is 10.8 Å². The topological polar surface area (TPSA) is 18.5 Å². The Kier molecular flexibility index (Phi) is 5.35. The second-order valence-corrected chi connectivity index (χ2v) is 6.54. The molecule has 21 heavy (non-hydrogen) atoms. The predicted molar refractivity (Wildman–Crippen MR) is 89.6 cm³/mol. The first-order valence-electron chi connectivity index (χ1n) is 7.46. The number of ether oxygens (including phenoxy) is 2. The highest BCUT2D eigenvalue weighted by atomic mass is 35.5. The van der Waals surface area contributed by atoms with Gasteiger partial charge in [0.2, 0.25) is 0 Å². The lowest BCUT2D eigenvalue weighted by Gasteiger charge is -2.15. The molecule has 0 bridgehead atoms. The van der Waals surface area contributed by atoms with Crippen molar-refractivity contribution in [2.45, 2.75) is 27.7 Å². The summed E-state index contributed by atoms with van der Waals surface area (Å²) in [7, 11) is 0. The summed E-state index contributed by atoms with van der Waals surface area (Å²) in [6, 6.07) is 9.87. The molecule has 0 N–H and O–H groups in total. The zero-order valence-corrected chi connectivity index (χ0v) is 13.9. The van der Waals surface area contributed by atoms with Crippen LogP contribution in [0, 0.1) is 11.8 Å². The van der Waals surface area contributed by atoms with Crippen molar-refractivity contribution in [2.75, 3.05) is 13.2 Å². The lowest BCUT2D eigenvalue weighted by Crippen LogP contribution is -2.06. The molecule has 0 spiro atoms. The molecule has 0 saturated heterocycles. The molecule has 2 aromatic rings. The van der Waals surface area contributed by atoms with E-state index < -0.39 is 0 Å². The molecule has 3 heteroatoms. The first-order chi connectivity index (χ1) is 9.99. The van der Waals surface area contributed by atoms with Gasteiger partial charge in [-0.25, -0.2) is 0 Å². The van der Waals surface area contributed by atoms with Crippen molar-refractivity contribution in [1.82, 2.24) is 0 Å². The number of halogens is 1. The van der Waals surface area contributed by atoms with Crippen LogP contribution < -0.4 is 9.47 Å². The normalized spacial score (nSPS) is 11.4. The van der Waals surface area contributed by atoms with E-state index in [0.29, 0.717) is 30.1 Å². The van der Waals surface area contributed by atoms with Crippen molar-refractivity contribution in [3.8, 4) is 11.5 Å². The Morgan fingerprint density at radius 3 is 2.19 bits per heavy atom. The molecule has 0 radical (unpaired) electrons. The van der Waals surface area contributed by atoms with E-state index in [0.717, 1.165) is 22.3 Å². The summed E-state index contributed by atoms with van der Waals surface area (Å²) in [5.74, 6) is 2.58.